The Balaban J connectivity index is 1.80. The second-order valence-electron chi connectivity index (χ2n) is 5.76. The molecule has 1 atom stereocenters. The van der Waals surface area contributed by atoms with Gasteiger partial charge in [0.25, 0.3) is 5.91 Å². The normalized spacial score (nSPS) is 13.7. The Labute approximate surface area is 155 Å². The van der Waals surface area contributed by atoms with Crippen LogP contribution in [-0.2, 0) is 20.8 Å². The number of anilines is 1. The number of fused-ring (bicyclic) bond motifs is 1. The molecule has 3 rings (SSSR count). The van der Waals surface area contributed by atoms with Crippen molar-refractivity contribution < 1.29 is 26.4 Å². The average molecular weight is 418 g/mol. The van der Waals surface area contributed by atoms with E-state index < -0.39 is 33.7 Å². The van der Waals surface area contributed by atoms with Gasteiger partial charge in [-0.05, 0) is 31.2 Å². The van der Waals surface area contributed by atoms with Gasteiger partial charge in [0.2, 0.25) is 0 Å². The first-order valence-corrected chi connectivity index (χ1v) is 10.2. The molecule has 0 radical (unpaired) electrons. The van der Waals surface area contributed by atoms with E-state index in [1.807, 2.05) is 0 Å². The quantitative estimate of drug-likeness (QED) is 0.703. The maximum absolute atomic E-state index is 12.6. The number of benzene rings is 1. The van der Waals surface area contributed by atoms with Crippen LogP contribution in [0.2, 0.25) is 0 Å². The van der Waals surface area contributed by atoms with Gasteiger partial charge in [0.1, 0.15) is 6.04 Å². The van der Waals surface area contributed by atoms with E-state index in [-0.39, 0.29) is 10.0 Å². The third-order valence-corrected chi connectivity index (χ3v) is 5.74. The second kappa shape index (κ2) is 6.60. The lowest BCUT2D eigenvalue weighted by Gasteiger charge is -2.11. The minimum Gasteiger partial charge on any atom is -0.300 e. The number of halogens is 3. The van der Waals surface area contributed by atoms with Gasteiger partial charge < -0.3 is 5.32 Å². The van der Waals surface area contributed by atoms with Gasteiger partial charge in [-0.1, -0.05) is 11.3 Å². The van der Waals surface area contributed by atoms with E-state index in [0.717, 1.165) is 34.5 Å². The van der Waals surface area contributed by atoms with Gasteiger partial charge in [0, 0.05) is 12.5 Å². The van der Waals surface area contributed by atoms with E-state index in [1.165, 1.54) is 25.1 Å². The van der Waals surface area contributed by atoms with Crippen LogP contribution < -0.4 is 5.32 Å². The second-order valence-corrected chi connectivity index (χ2v) is 8.81. The molecule has 0 aliphatic carbocycles. The summed E-state index contributed by atoms with van der Waals surface area (Å²) in [5.74, 6) is -0.603. The summed E-state index contributed by atoms with van der Waals surface area (Å²) in [6.07, 6.45) is -2.44. The predicted octanol–water partition coefficient (Wildman–Crippen LogP) is 3.11. The van der Waals surface area contributed by atoms with E-state index in [9.17, 15) is 26.4 Å². The van der Waals surface area contributed by atoms with Gasteiger partial charge in [-0.3, -0.25) is 9.48 Å². The lowest BCUT2D eigenvalue weighted by atomic mass is 10.3. The smallest absolute Gasteiger partial charge is 0.300 e. The van der Waals surface area contributed by atoms with Gasteiger partial charge >= 0.3 is 6.18 Å². The Morgan fingerprint density at radius 3 is 2.59 bits per heavy atom. The van der Waals surface area contributed by atoms with Crippen molar-refractivity contribution in [1.82, 2.24) is 14.8 Å². The number of carbonyl (C=O) groups excluding carboxylic acids is 1. The van der Waals surface area contributed by atoms with E-state index in [1.54, 1.807) is 0 Å². The fourth-order valence-electron chi connectivity index (χ4n) is 2.22. The Morgan fingerprint density at radius 2 is 2.00 bits per heavy atom. The lowest BCUT2D eigenvalue weighted by molar-refractivity contribution is -0.141. The number of hydrogen-bond acceptors (Lipinski definition) is 6. The van der Waals surface area contributed by atoms with E-state index >= 15 is 0 Å². The van der Waals surface area contributed by atoms with Crippen molar-refractivity contribution in [2.75, 3.05) is 11.6 Å². The number of hydrogen-bond donors (Lipinski definition) is 1. The fraction of sp³-hybridized carbons (Fsp3) is 0.267. The molecule has 7 nitrogen and oxygen atoms in total. The van der Waals surface area contributed by atoms with Gasteiger partial charge in [-0.15, -0.1) is 0 Å². The molecule has 3 aromatic rings. The molecule has 0 saturated carbocycles. The Kier molecular flexibility index (Phi) is 4.72. The maximum Gasteiger partial charge on any atom is 0.435 e. The summed E-state index contributed by atoms with van der Waals surface area (Å²) in [6.45, 7) is 1.40. The monoisotopic (exact) mass is 418 g/mol. The van der Waals surface area contributed by atoms with Crippen molar-refractivity contribution in [2.24, 2.45) is 0 Å². The first-order valence-electron chi connectivity index (χ1n) is 7.49. The zero-order valence-corrected chi connectivity index (χ0v) is 15.6. The van der Waals surface area contributed by atoms with Crippen LogP contribution in [0, 0.1) is 0 Å². The van der Waals surface area contributed by atoms with Gasteiger partial charge in [0.15, 0.2) is 20.7 Å². The largest absolute Gasteiger partial charge is 0.435 e. The molecule has 27 heavy (non-hydrogen) atoms. The number of thiazole rings is 1. The van der Waals surface area contributed by atoms with Crippen LogP contribution in [0.1, 0.15) is 18.7 Å². The Morgan fingerprint density at radius 1 is 1.30 bits per heavy atom. The molecule has 1 N–H and O–H groups in total. The minimum absolute atomic E-state index is 0.126. The molecule has 0 aliphatic rings. The van der Waals surface area contributed by atoms with Crippen LogP contribution in [0.5, 0.6) is 0 Å². The maximum atomic E-state index is 12.6. The number of sulfone groups is 1. The van der Waals surface area contributed by atoms with Gasteiger partial charge in [0.05, 0.1) is 15.1 Å². The summed E-state index contributed by atoms with van der Waals surface area (Å²) in [7, 11) is -3.38. The average Bonchev–Trinajstić information content (AvgIpc) is 3.18. The van der Waals surface area contributed by atoms with Crippen LogP contribution in [0.3, 0.4) is 0 Å². The van der Waals surface area contributed by atoms with Crippen molar-refractivity contribution in [1.29, 1.82) is 0 Å². The van der Waals surface area contributed by atoms with Crippen molar-refractivity contribution in [2.45, 2.75) is 24.0 Å². The van der Waals surface area contributed by atoms with Gasteiger partial charge in [-0.25, -0.2) is 13.4 Å². The molecule has 0 aliphatic heterocycles. The molecule has 0 spiro atoms. The standard InChI is InChI=1S/C15H13F3N4O3S2/c1-8(22-6-5-12(21-22)15(16,17)18)13(23)20-14-19-10-4-3-9(27(2,24)25)7-11(10)26-14/h3-8H,1-2H3,(H,19,20,23)/t8-/m0/s1. The molecule has 0 fully saturated rings. The first-order chi connectivity index (χ1) is 12.4. The summed E-state index contributed by atoms with van der Waals surface area (Å²) >= 11 is 1.06. The highest BCUT2D eigenvalue weighted by Crippen LogP contribution is 2.30. The van der Waals surface area contributed by atoms with E-state index in [0.29, 0.717) is 10.2 Å². The topological polar surface area (TPSA) is 94.0 Å². The summed E-state index contributed by atoms with van der Waals surface area (Å²) in [5, 5.41) is 6.09. The van der Waals surface area contributed by atoms with Crippen molar-refractivity contribution in [3.63, 3.8) is 0 Å². The zero-order valence-electron chi connectivity index (χ0n) is 14.0. The number of aromatic nitrogens is 3. The number of nitrogens with one attached hydrogen (secondary N) is 1. The molecule has 2 heterocycles. The fourth-order valence-corrected chi connectivity index (χ4v) is 3.85. The molecule has 0 unspecified atom stereocenters. The third kappa shape index (κ3) is 4.11. The summed E-state index contributed by atoms with van der Waals surface area (Å²) < 4.78 is 62.5. The van der Waals surface area contributed by atoms with Crippen LogP contribution in [0.15, 0.2) is 35.4 Å². The number of alkyl halides is 3. The highest BCUT2D eigenvalue weighted by atomic mass is 32.2. The lowest BCUT2D eigenvalue weighted by Crippen LogP contribution is -2.24. The van der Waals surface area contributed by atoms with Gasteiger partial charge in [-0.2, -0.15) is 18.3 Å². The number of rotatable bonds is 4. The summed E-state index contributed by atoms with van der Waals surface area (Å²) in [5.41, 5.74) is -0.593. The number of amides is 1. The molecule has 2 aromatic heterocycles. The zero-order chi connectivity index (χ0) is 20.0. The molecular formula is C15H13F3N4O3S2. The van der Waals surface area contributed by atoms with Crippen molar-refractivity contribution >= 4 is 42.4 Å². The van der Waals surface area contributed by atoms with Crippen LogP contribution >= 0.6 is 11.3 Å². The molecule has 0 saturated heterocycles. The predicted molar refractivity (Wildman–Crippen MR) is 93.3 cm³/mol. The minimum atomic E-state index is -4.59. The third-order valence-electron chi connectivity index (χ3n) is 3.69. The Bertz CT molecular complexity index is 1120. The highest BCUT2D eigenvalue weighted by Gasteiger charge is 2.34. The summed E-state index contributed by atoms with van der Waals surface area (Å²) in [6, 6.07) is 4.16. The van der Waals surface area contributed by atoms with Crippen LogP contribution in [0.4, 0.5) is 18.3 Å². The number of carbonyl (C=O) groups is 1. The molecule has 1 aromatic carbocycles. The van der Waals surface area contributed by atoms with Crippen LogP contribution in [-0.4, -0.2) is 35.3 Å². The molecule has 12 heteroatoms. The molecule has 144 valence electrons. The van der Waals surface area contributed by atoms with Crippen LogP contribution in [0.25, 0.3) is 10.2 Å². The van der Waals surface area contributed by atoms with E-state index in [4.69, 9.17) is 0 Å². The Hall–Kier alpha value is -2.47. The summed E-state index contributed by atoms with van der Waals surface area (Å²) in [4.78, 5) is 16.6. The molecule has 0 bridgehead atoms. The highest BCUT2D eigenvalue weighted by molar-refractivity contribution is 7.90. The van der Waals surface area contributed by atoms with Crippen molar-refractivity contribution in [3.05, 3.63) is 36.2 Å². The van der Waals surface area contributed by atoms with E-state index in [2.05, 4.69) is 15.4 Å². The first kappa shape index (κ1) is 19.3. The number of nitrogens with zero attached hydrogens (tertiary/aromatic N) is 3. The van der Waals surface area contributed by atoms with Crippen molar-refractivity contribution in [3.8, 4) is 0 Å². The molecular weight excluding hydrogens is 405 g/mol. The SMILES string of the molecule is C[C@@H](C(=O)Nc1nc2ccc(S(C)(=O)=O)cc2s1)n1ccc(C(F)(F)F)n1. The molecule has 1 amide bonds.